The zero-order valence-electron chi connectivity index (χ0n) is 12.1. The Bertz CT molecular complexity index is 296. The third-order valence-corrected chi connectivity index (χ3v) is 5.73. The van der Waals surface area contributed by atoms with E-state index in [1.165, 1.54) is 5.56 Å². The molecule has 0 saturated carbocycles. The van der Waals surface area contributed by atoms with Crippen LogP contribution < -0.4 is 0 Å². The van der Waals surface area contributed by atoms with E-state index in [1.54, 1.807) is 0 Å². The van der Waals surface area contributed by atoms with E-state index in [-0.39, 0.29) is 0 Å². The maximum atomic E-state index is 5.87. The van der Waals surface area contributed by atoms with Crippen LogP contribution in [-0.2, 0) is 38.1 Å². The molecular formula is C15H25O3Zr. The molecule has 4 heteroatoms. The van der Waals surface area contributed by atoms with E-state index >= 15 is 0 Å². The third kappa shape index (κ3) is 8.70. The predicted molar refractivity (Wildman–Crippen MR) is 73.0 cm³/mol. The summed E-state index contributed by atoms with van der Waals surface area (Å²) in [4.78, 5) is 0. The summed E-state index contributed by atoms with van der Waals surface area (Å²) >= 11 is -2.56. The van der Waals surface area contributed by atoms with Crippen molar-refractivity contribution in [3.05, 3.63) is 35.9 Å². The van der Waals surface area contributed by atoms with Crippen LogP contribution in [0.25, 0.3) is 0 Å². The molecule has 0 amide bonds. The van der Waals surface area contributed by atoms with Gasteiger partial charge in [0.2, 0.25) is 0 Å². The summed E-state index contributed by atoms with van der Waals surface area (Å²) < 4.78 is 17.5. The normalized spacial score (nSPS) is 10.6. The second-order valence-electron chi connectivity index (χ2n) is 4.43. The first-order valence-corrected chi connectivity index (χ1v) is 10.2. The monoisotopic (exact) mass is 343 g/mol. The van der Waals surface area contributed by atoms with E-state index in [1.807, 2.05) is 18.2 Å². The molecule has 1 aromatic rings. The van der Waals surface area contributed by atoms with Crippen molar-refractivity contribution in [3.8, 4) is 0 Å². The minimum atomic E-state index is -2.56. The fourth-order valence-electron chi connectivity index (χ4n) is 1.44. The average molecular weight is 345 g/mol. The van der Waals surface area contributed by atoms with Crippen LogP contribution in [0, 0.1) is 0 Å². The zero-order valence-corrected chi connectivity index (χ0v) is 14.5. The Morgan fingerprint density at radius 1 is 0.842 bits per heavy atom. The van der Waals surface area contributed by atoms with E-state index in [0.29, 0.717) is 6.61 Å². The van der Waals surface area contributed by atoms with E-state index < -0.39 is 23.1 Å². The van der Waals surface area contributed by atoms with Gasteiger partial charge in [0.25, 0.3) is 0 Å². The van der Waals surface area contributed by atoms with Gasteiger partial charge in [-0.25, -0.2) is 0 Å². The number of benzene rings is 1. The molecule has 0 aliphatic carbocycles. The Balaban J connectivity index is 2.30. The maximum absolute atomic E-state index is 5.87. The van der Waals surface area contributed by atoms with Gasteiger partial charge in [0.15, 0.2) is 0 Å². The summed E-state index contributed by atoms with van der Waals surface area (Å²) in [6.07, 6.45) is 4.44. The second kappa shape index (κ2) is 11.8. The van der Waals surface area contributed by atoms with E-state index in [4.69, 9.17) is 8.44 Å². The van der Waals surface area contributed by atoms with E-state index in [2.05, 4.69) is 26.0 Å². The van der Waals surface area contributed by atoms with Gasteiger partial charge in [0, 0.05) is 0 Å². The number of rotatable bonds is 11. The first-order valence-electron chi connectivity index (χ1n) is 7.16. The van der Waals surface area contributed by atoms with Crippen LogP contribution in [0.15, 0.2) is 30.3 Å². The third-order valence-electron chi connectivity index (χ3n) is 2.64. The Morgan fingerprint density at radius 3 is 1.95 bits per heavy atom. The van der Waals surface area contributed by atoms with Crippen LogP contribution in [0.3, 0.4) is 0 Å². The molecule has 1 aromatic carbocycles. The fraction of sp³-hybridized carbons (Fsp3) is 0.600. The zero-order chi connectivity index (χ0) is 13.8. The van der Waals surface area contributed by atoms with Crippen molar-refractivity contribution >= 4 is 0 Å². The number of hydrogen-bond acceptors (Lipinski definition) is 3. The van der Waals surface area contributed by atoms with Crippen molar-refractivity contribution < 1.29 is 31.5 Å². The number of unbranched alkanes of at least 4 members (excludes halogenated alkanes) is 2. The van der Waals surface area contributed by atoms with E-state index in [9.17, 15) is 0 Å². The summed E-state index contributed by atoms with van der Waals surface area (Å²) in [5, 5.41) is 0. The summed E-state index contributed by atoms with van der Waals surface area (Å²) in [7, 11) is 0. The van der Waals surface area contributed by atoms with E-state index in [0.717, 1.165) is 38.9 Å². The van der Waals surface area contributed by atoms with Crippen LogP contribution in [0.1, 0.15) is 45.1 Å². The summed E-state index contributed by atoms with van der Waals surface area (Å²) in [6.45, 7) is 6.47. The molecule has 19 heavy (non-hydrogen) atoms. The van der Waals surface area contributed by atoms with Gasteiger partial charge in [0.05, 0.1) is 0 Å². The standard InChI is InChI=1S/C7H7O.2C4H9O.Zr/c8-6-7-4-2-1-3-5-7;2*1-2-3-4-5;/h1-5H,6H2;2*2-4H2,1H3;/q3*-1;+3. The molecule has 0 atom stereocenters. The molecule has 107 valence electrons. The second-order valence-corrected chi connectivity index (χ2v) is 7.79. The molecule has 3 nitrogen and oxygen atoms in total. The number of hydrogen-bond donors (Lipinski definition) is 0. The summed E-state index contributed by atoms with van der Waals surface area (Å²) in [6, 6.07) is 10.2. The van der Waals surface area contributed by atoms with Gasteiger partial charge in [0.1, 0.15) is 0 Å². The molecule has 0 bridgehead atoms. The van der Waals surface area contributed by atoms with Gasteiger partial charge in [-0.3, -0.25) is 0 Å². The molecule has 0 unspecified atom stereocenters. The molecule has 0 radical (unpaired) electrons. The predicted octanol–water partition coefficient (Wildman–Crippen LogP) is 4.20. The van der Waals surface area contributed by atoms with Gasteiger partial charge in [-0.15, -0.1) is 0 Å². The first-order chi connectivity index (χ1) is 9.36. The van der Waals surface area contributed by atoms with Crippen molar-refractivity contribution in [1.82, 2.24) is 0 Å². The van der Waals surface area contributed by atoms with Crippen molar-refractivity contribution in [2.75, 3.05) is 13.2 Å². The van der Waals surface area contributed by atoms with Crippen molar-refractivity contribution in [1.29, 1.82) is 0 Å². The molecule has 1 rings (SSSR count). The van der Waals surface area contributed by atoms with Gasteiger partial charge >= 0.3 is 127 Å². The first kappa shape index (κ1) is 17.0. The van der Waals surface area contributed by atoms with Crippen LogP contribution in [0.4, 0.5) is 0 Å². The molecule has 0 saturated heterocycles. The molecule has 0 heterocycles. The molecule has 0 aliphatic heterocycles. The van der Waals surface area contributed by atoms with Gasteiger partial charge in [-0.05, 0) is 0 Å². The molecule has 0 aromatic heterocycles. The van der Waals surface area contributed by atoms with Crippen LogP contribution in [0.5, 0.6) is 0 Å². The van der Waals surface area contributed by atoms with Crippen LogP contribution in [0.2, 0.25) is 0 Å². The van der Waals surface area contributed by atoms with Gasteiger partial charge in [-0.2, -0.15) is 0 Å². The van der Waals surface area contributed by atoms with Crippen molar-refractivity contribution in [3.63, 3.8) is 0 Å². The summed E-state index contributed by atoms with van der Waals surface area (Å²) in [5.74, 6) is 0. The molecule has 0 fully saturated rings. The topological polar surface area (TPSA) is 27.7 Å². The quantitative estimate of drug-likeness (QED) is 0.563. The van der Waals surface area contributed by atoms with Crippen LogP contribution >= 0.6 is 0 Å². The molecule has 0 aliphatic rings. The SMILES string of the molecule is CCCC[O][Zr]([O]CCCC)[O]Cc1ccccc1. The Morgan fingerprint density at radius 2 is 1.42 bits per heavy atom. The average Bonchev–Trinajstić information content (AvgIpc) is 2.45. The Kier molecular flexibility index (Phi) is 10.6. The molecular weight excluding hydrogens is 319 g/mol. The molecule has 0 N–H and O–H groups in total. The van der Waals surface area contributed by atoms with Crippen molar-refractivity contribution in [2.24, 2.45) is 0 Å². The summed E-state index contributed by atoms with van der Waals surface area (Å²) in [5.41, 5.74) is 1.18. The Hall–Kier alpha value is -0.0169. The fourth-order valence-corrected chi connectivity index (χ4v) is 4.28. The van der Waals surface area contributed by atoms with Gasteiger partial charge < -0.3 is 0 Å². The van der Waals surface area contributed by atoms with Crippen LogP contribution in [-0.4, -0.2) is 13.2 Å². The minimum absolute atomic E-state index is 0.605. The Labute approximate surface area is 126 Å². The van der Waals surface area contributed by atoms with Gasteiger partial charge in [-0.1, -0.05) is 0 Å². The molecule has 0 spiro atoms. The van der Waals surface area contributed by atoms with Crippen molar-refractivity contribution in [2.45, 2.75) is 46.1 Å².